The minimum absolute atomic E-state index is 0.00201. The Hall–Kier alpha value is -9.71. The molecule has 4 aliphatic heterocycles. The number of fused-ring (bicyclic) bond motifs is 10. The highest BCUT2D eigenvalue weighted by atomic mass is 31.1. The number of carbonyl (C=O) groups excluding carboxylic acids is 8. The summed E-state index contributed by atoms with van der Waals surface area (Å²) in [7, 11) is 4.45. The van der Waals surface area contributed by atoms with Gasteiger partial charge in [0.15, 0.2) is 43.5 Å². The molecule has 10 rings (SSSR count). The molecule has 0 spiro atoms. The summed E-state index contributed by atoms with van der Waals surface area (Å²) in [6, 6.07) is 24.6. The maximum atomic E-state index is 13.8. The van der Waals surface area contributed by atoms with Gasteiger partial charge in [-0.3, -0.25) is 47.9 Å². The first-order valence-electron chi connectivity index (χ1n) is 44.2. The first-order valence-corrected chi connectivity index (χ1v) is 45.0. The second kappa shape index (κ2) is 60.8. The van der Waals surface area contributed by atoms with Crippen molar-refractivity contribution >= 4 is 94.2 Å². The smallest absolute Gasteiger partial charge is 0.471 e. The molecule has 44 nitrogen and oxygen atoms in total. The van der Waals surface area contributed by atoms with Crippen LogP contribution >= 0.6 is 19.1 Å². The zero-order valence-electron chi connectivity index (χ0n) is 78.1. The largest absolute Gasteiger partial charge is 0.481 e. The molecule has 13 N–H and O–H groups in total. The highest BCUT2D eigenvalue weighted by molar-refractivity contribution is 7.09. The van der Waals surface area contributed by atoms with Crippen LogP contribution in [0, 0.1) is 11.8 Å². The lowest BCUT2D eigenvalue weighted by Gasteiger charge is -2.36. The van der Waals surface area contributed by atoms with Gasteiger partial charge in [-0.15, -0.1) is 0 Å². The third-order valence-corrected chi connectivity index (χ3v) is 21.9. The summed E-state index contributed by atoms with van der Waals surface area (Å²) in [6.45, 7) is -1.84. The van der Waals surface area contributed by atoms with Crippen molar-refractivity contribution in [2.45, 2.75) is 178 Å². The molecular formula is C90H122F5N5O39P2. The zero-order valence-corrected chi connectivity index (χ0v) is 80.4. The Kier molecular flexibility index (Phi) is 51.7. The molecule has 51 heteroatoms. The summed E-state index contributed by atoms with van der Waals surface area (Å²) < 4.78 is 151. The predicted molar refractivity (Wildman–Crippen MR) is 485 cm³/mol. The van der Waals surface area contributed by atoms with E-state index in [0.29, 0.717) is 34.7 Å². The molecule has 6 aromatic rings. The minimum Gasteiger partial charge on any atom is -0.481 e. The highest BCUT2D eigenvalue weighted by Gasteiger charge is 2.52. The van der Waals surface area contributed by atoms with E-state index >= 15 is 0 Å². The zero-order chi connectivity index (χ0) is 104. The van der Waals surface area contributed by atoms with Gasteiger partial charge in [-0.1, -0.05) is 70.2 Å². The number of pyridine rings is 3. The van der Waals surface area contributed by atoms with E-state index in [0.717, 1.165) is 52.0 Å². The molecule has 2 amide bonds. The van der Waals surface area contributed by atoms with Gasteiger partial charge in [-0.25, -0.2) is 18.2 Å². The number of esters is 5. The molecular weight excluding hydrogens is 1930 g/mol. The van der Waals surface area contributed by atoms with Crippen LogP contribution in [0.3, 0.4) is 0 Å². The van der Waals surface area contributed by atoms with Crippen molar-refractivity contribution in [3.05, 3.63) is 133 Å². The SMILES string of the molecule is CC[C@]1(CC(=O)CNC(=O)C(F)(F)F)C(=O)OCc2c1cc1n(c2=O)Cc2cc3ccccc3cc2-1.CC[C@]1(OC(=O)CNC(=O)CCC(=O)OCC(COC(CO)OC(CO)COC(CO)OC)OC(CO)OCC(C)CO)C(=O)OCc2c1cc1n(c2=O)Cc2cc3ccccc3nc2-1.COC(CO)OCC(CO)OC(CO)OCC(COC(=O)CCC(=O)O)OC(CO)OCC(C)CO.FP.FP. The van der Waals surface area contributed by atoms with Crippen molar-refractivity contribution in [2.75, 3.05) is 146 Å². The van der Waals surface area contributed by atoms with Crippen molar-refractivity contribution in [1.82, 2.24) is 24.8 Å². The van der Waals surface area contributed by atoms with Crippen LogP contribution in [0.15, 0.2) is 88.5 Å². The number of amides is 2. The van der Waals surface area contributed by atoms with Crippen LogP contribution in [0.2, 0.25) is 0 Å². The number of ether oxygens (including phenoxy) is 17. The van der Waals surface area contributed by atoms with Gasteiger partial charge in [0.25, 0.3) is 11.1 Å². The summed E-state index contributed by atoms with van der Waals surface area (Å²) >= 11 is 0. The van der Waals surface area contributed by atoms with Crippen molar-refractivity contribution in [1.29, 1.82) is 0 Å². The van der Waals surface area contributed by atoms with E-state index in [1.54, 1.807) is 54.3 Å². The molecule has 0 saturated heterocycles. The molecule has 141 heavy (non-hydrogen) atoms. The number of nitrogens with zero attached hydrogens (tertiary/aromatic N) is 3. The van der Waals surface area contributed by atoms with Crippen LogP contribution in [-0.2, 0) is 161 Å². The highest BCUT2D eigenvalue weighted by Crippen LogP contribution is 2.45. The van der Waals surface area contributed by atoms with E-state index in [2.05, 4.69) is 5.32 Å². The predicted octanol–water partition coefficient (Wildman–Crippen LogP) is 1.41. The number of alkyl halides is 3. The number of halogens is 5. The maximum absolute atomic E-state index is 13.8. The quantitative estimate of drug-likeness (QED) is 0.00842. The average Bonchev–Trinajstić information content (AvgIpc) is 1.63. The molecule has 3 aromatic carbocycles. The number of carboxylic acids is 1. The number of carboxylic acid groups (broad SMARTS) is 1. The fourth-order valence-electron chi connectivity index (χ4n) is 14.5. The van der Waals surface area contributed by atoms with Crippen LogP contribution in [0.5, 0.6) is 0 Å². The van der Waals surface area contributed by atoms with E-state index in [-0.39, 0.29) is 119 Å². The Bertz CT molecular complexity index is 5160. The first-order chi connectivity index (χ1) is 67.6. The number of aliphatic hydroxyl groups excluding tert-OH is 10. The third-order valence-electron chi connectivity index (χ3n) is 21.9. The Morgan fingerprint density at radius 1 is 0.482 bits per heavy atom. The summed E-state index contributed by atoms with van der Waals surface area (Å²) in [5.74, 6) is -9.78. The molecule has 0 bridgehead atoms. The monoisotopic (exact) mass is 2050 g/mol. The van der Waals surface area contributed by atoms with Gasteiger partial charge in [0.2, 0.25) is 11.5 Å². The second-order valence-electron chi connectivity index (χ2n) is 32.0. The van der Waals surface area contributed by atoms with Crippen molar-refractivity contribution in [2.24, 2.45) is 11.8 Å². The van der Waals surface area contributed by atoms with Gasteiger partial charge in [0.05, 0.1) is 184 Å². The standard InChI is InChI=1S/C43H57N3O19.C26H21F3N2O5.C21H40O15.2FH2P/c1-4-43(31-12-33-40-27(11-26-7-5-6-8-32(26)45-40)14-46(33)41(55)30(31)24-62-42(43)56)65-36(54)13-44-34(52)9-10-35(53)58-22-29(64-38(18-50)59-20-25(2)15-47)23-61-39(19-51)63-28(16-48)21-60-37(17-49)57-3;1-2-25(10-17(32)11-30-23(34)26(27,28)29)20-9-21-18-8-15-6-4-3-5-14(15)7-16(18)12-31(21)22(33)19(20)13-36-24(25)35;1-14(5-22)10-32-20(8-25)36-16(12-31-18(29)4-3-17(27)28)13-34-21(9-26)35-15(6-23)11-33-19(7-24)30-2;2*1-2/h5-8,11-12,25,28-29,37-39,47-51H,4,9-10,13-24H2,1-3H3,(H,44,52);3-9H,2,10-13H2,1H3,(H,30,34);14-16,19-26H,3-13H2,1-2H3,(H,27,28);2*2H2/t25?,28?,29?,37?,38?,39?,43-;25-;;;/m11.../s1. The number of cyclic esters (lactones) is 2. The number of ketones is 1. The molecule has 0 fully saturated rings. The van der Waals surface area contributed by atoms with Crippen LogP contribution < -0.4 is 21.8 Å². The lowest BCUT2D eigenvalue weighted by molar-refractivity contribution is -0.250. The number of hydrogen-bond donors (Lipinski definition) is 13. The molecule has 7 heterocycles. The Morgan fingerprint density at radius 2 is 0.915 bits per heavy atom. The topological polar surface area (TPSA) is 614 Å². The molecule has 3 aromatic heterocycles. The van der Waals surface area contributed by atoms with Gasteiger partial charge in [0, 0.05) is 74.2 Å². The molecule has 0 radical (unpaired) electrons. The van der Waals surface area contributed by atoms with Gasteiger partial charge in [-0.05, 0) is 71.1 Å². The molecule has 0 saturated carbocycles. The number of aliphatic hydroxyl groups is 10. The van der Waals surface area contributed by atoms with Crippen molar-refractivity contribution < 1.29 is 201 Å². The lowest BCUT2D eigenvalue weighted by atomic mass is 9.71. The van der Waals surface area contributed by atoms with Gasteiger partial charge in [-0.2, -0.15) is 13.2 Å². The van der Waals surface area contributed by atoms with Crippen molar-refractivity contribution in [3.63, 3.8) is 0 Å². The second-order valence-corrected chi connectivity index (χ2v) is 32.0. The fraction of sp³-hybridized carbons (Fsp3) is 0.578. The van der Waals surface area contributed by atoms with Gasteiger partial charge < -0.3 is 156 Å². The van der Waals surface area contributed by atoms with E-state index in [1.807, 2.05) is 66.7 Å². The molecule has 786 valence electrons. The number of benzene rings is 3. The summed E-state index contributed by atoms with van der Waals surface area (Å²) in [5.41, 5.74) is 1.49. The number of aromatic nitrogens is 3. The number of aliphatic carboxylic acids is 1. The van der Waals surface area contributed by atoms with E-state index < -0.39 is 250 Å². The van der Waals surface area contributed by atoms with E-state index in [9.17, 15) is 115 Å². The molecule has 0 aliphatic carbocycles. The number of Topliss-reactive ketones (excluding diaryl/α,β-unsaturated/α-hetero) is 1. The van der Waals surface area contributed by atoms with Crippen LogP contribution in [0.1, 0.15) is 106 Å². The first kappa shape index (κ1) is 120. The fourth-order valence-corrected chi connectivity index (χ4v) is 14.5. The van der Waals surface area contributed by atoms with Crippen LogP contribution in [-0.4, -0.2) is 338 Å². The normalized spacial score (nSPS) is 17.3. The van der Waals surface area contributed by atoms with E-state index in [1.165, 1.54) is 14.2 Å². The number of rotatable bonds is 57. The van der Waals surface area contributed by atoms with Gasteiger partial charge >= 0.3 is 47.9 Å². The van der Waals surface area contributed by atoms with Crippen molar-refractivity contribution in [3.8, 4) is 22.6 Å². The molecule has 4 aliphatic rings. The third kappa shape index (κ3) is 34.8. The summed E-state index contributed by atoms with van der Waals surface area (Å²) in [5, 5.41) is 110. The van der Waals surface area contributed by atoms with E-state index in [4.69, 9.17) is 101 Å². The summed E-state index contributed by atoms with van der Waals surface area (Å²) in [4.78, 5) is 144. The average molecular weight is 2050 g/mol. The Morgan fingerprint density at radius 3 is 1.39 bits per heavy atom. The maximum Gasteiger partial charge on any atom is 0.471 e. The number of nitrogens with one attached hydrogen (secondary N) is 2. The van der Waals surface area contributed by atoms with Gasteiger partial charge in [0.1, 0.15) is 62.8 Å². The number of carbonyl (C=O) groups is 9. The number of hydrogen-bond acceptors (Lipinski definition) is 39. The Labute approximate surface area is 809 Å². The Balaban J connectivity index is 0.000000341. The molecule has 16 atom stereocenters. The minimum atomic E-state index is -5.13. The summed E-state index contributed by atoms with van der Waals surface area (Å²) in [6.07, 6.45) is -18.5. The van der Waals surface area contributed by atoms with Crippen LogP contribution in [0.4, 0.5) is 21.6 Å². The lowest BCUT2D eigenvalue weighted by Crippen LogP contribution is -2.48. The molecule has 14 unspecified atom stereocenters. The van der Waals surface area contributed by atoms with Crippen LogP contribution in [0.25, 0.3) is 44.3 Å². The number of methoxy groups -OCH3 is 2. The number of para-hydroxylation sites is 1.